The van der Waals surface area contributed by atoms with Crippen LogP contribution >= 0.6 is 0 Å². The van der Waals surface area contributed by atoms with Crippen LogP contribution < -0.4 is 4.74 Å². The van der Waals surface area contributed by atoms with Crippen molar-refractivity contribution in [2.24, 2.45) is 0 Å². The molecule has 0 amide bonds. The summed E-state index contributed by atoms with van der Waals surface area (Å²) in [5, 5.41) is 0. The minimum atomic E-state index is -0.166. The summed E-state index contributed by atoms with van der Waals surface area (Å²) in [6, 6.07) is 7.96. The Morgan fingerprint density at radius 3 is 2.42 bits per heavy atom. The van der Waals surface area contributed by atoms with Crippen LogP contribution in [0.1, 0.15) is 31.7 Å². The molecule has 1 atom stereocenters. The highest BCUT2D eigenvalue weighted by atomic mass is 16.5. The molecule has 104 valence electrons. The topological polar surface area (TPSA) is 35.5 Å². The van der Waals surface area contributed by atoms with E-state index >= 15 is 0 Å². The maximum atomic E-state index is 11.1. The van der Waals surface area contributed by atoms with Crippen molar-refractivity contribution < 1.29 is 14.3 Å². The van der Waals surface area contributed by atoms with Crippen LogP contribution in [0.15, 0.2) is 36.9 Å². The van der Waals surface area contributed by atoms with Crippen molar-refractivity contribution >= 4 is 5.97 Å². The number of allylic oxidation sites excluding steroid dienone is 1. The first-order valence-corrected chi connectivity index (χ1v) is 6.40. The summed E-state index contributed by atoms with van der Waals surface area (Å²) >= 11 is 0. The van der Waals surface area contributed by atoms with Crippen molar-refractivity contribution in [3.63, 3.8) is 0 Å². The molecule has 3 heteroatoms. The first-order chi connectivity index (χ1) is 9.05. The fraction of sp³-hybridized carbons (Fsp3) is 0.438. The van der Waals surface area contributed by atoms with Gasteiger partial charge in [-0.15, -0.1) is 6.58 Å². The fourth-order valence-corrected chi connectivity index (χ4v) is 2.04. The van der Waals surface area contributed by atoms with Crippen molar-refractivity contribution in [3.8, 4) is 5.75 Å². The summed E-state index contributed by atoms with van der Waals surface area (Å²) in [4.78, 5) is 11.1. The van der Waals surface area contributed by atoms with E-state index in [2.05, 4.69) is 18.2 Å². The second-order valence-corrected chi connectivity index (χ2v) is 4.78. The molecule has 3 nitrogen and oxygen atoms in total. The van der Waals surface area contributed by atoms with Crippen molar-refractivity contribution in [1.82, 2.24) is 0 Å². The van der Waals surface area contributed by atoms with E-state index in [4.69, 9.17) is 4.74 Å². The second kappa shape index (κ2) is 6.98. The van der Waals surface area contributed by atoms with Crippen LogP contribution in [-0.4, -0.2) is 20.2 Å². The predicted octanol–water partition coefficient (Wildman–Crippen LogP) is 3.48. The van der Waals surface area contributed by atoms with E-state index in [0.717, 1.165) is 18.6 Å². The molecular weight excluding hydrogens is 240 g/mol. The number of methoxy groups -OCH3 is 2. The van der Waals surface area contributed by atoms with Crippen LogP contribution in [0.3, 0.4) is 0 Å². The molecule has 0 saturated carbocycles. The predicted molar refractivity (Wildman–Crippen MR) is 76.4 cm³/mol. The smallest absolute Gasteiger partial charge is 0.305 e. The van der Waals surface area contributed by atoms with Crippen molar-refractivity contribution in [2.45, 2.75) is 31.6 Å². The van der Waals surface area contributed by atoms with Gasteiger partial charge in [-0.1, -0.05) is 25.1 Å². The SMILES string of the molecule is C=CC(C)(CCCC(=O)OC)c1ccc(OC)cc1. The molecule has 0 radical (unpaired) electrons. The molecule has 0 N–H and O–H groups in total. The Morgan fingerprint density at radius 1 is 1.32 bits per heavy atom. The summed E-state index contributed by atoms with van der Waals surface area (Å²) in [7, 11) is 3.07. The zero-order valence-corrected chi connectivity index (χ0v) is 11.9. The van der Waals surface area contributed by atoms with Gasteiger partial charge in [0.1, 0.15) is 5.75 Å². The second-order valence-electron chi connectivity index (χ2n) is 4.78. The third-order valence-electron chi connectivity index (χ3n) is 3.50. The molecule has 19 heavy (non-hydrogen) atoms. The van der Waals surface area contributed by atoms with Crippen LogP contribution in [0.25, 0.3) is 0 Å². The molecule has 0 aliphatic heterocycles. The summed E-state index contributed by atoms with van der Waals surface area (Å²) in [5.74, 6) is 0.672. The average molecular weight is 262 g/mol. The quantitative estimate of drug-likeness (QED) is 0.557. The molecule has 0 fully saturated rings. The van der Waals surface area contributed by atoms with Gasteiger partial charge in [-0.05, 0) is 30.5 Å². The molecule has 1 rings (SSSR count). The molecule has 0 bridgehead atoms. The van der Waals surface area contributed by atoms with Crippen molar-refractivity contribution in [3.05, 3.63) is 42.5 Å². The van der Waals surface area contributed by atoms with Gasteiger partial charge in [0.2, 0.25) is 0 Å². The Bertz CT molecular complexity index is 422. The molecule has 0 heterocycles. The molecule has 0 aromatic heterocycles. The number of rotatable bonds is 7. The molecule has 0 saturated heterocycles. The van der Waals surface area contributed by atoms with Crippen LogP contribution in [0.2, 0.25) is 0 Å². The largest absolute Gasteiger partial charge is 0.497 e. The van der Waals surface area contributed by atoms with Crippen LogP contribution in [0.4, 0.5) is 0 Å². The number of esters is 1. The summed E-state index contributed by atoms with van der Waals surface area (Å²) in [6.07, 6.45) is 4.02. The zero-order valence-electron chi connectivity index (χ0n) is 11.9. The van der Waals surface area contributed by atoms with E-state index < -0.39 is 0 Å². The van der Waals surface area contributed by atoms with Crippen LogP contribution in [0, 0.1) is 0 Å². The van der Waals surface area contributed by atoms with Gasteiger partial charge in [0, 0.05) is 11.8 Å². The zero-order chi connectivity index (χ0) is 14.3. The highest BCUT2D eigenvalue weighted by molar-refractivity contribution is 5.69. The van der Waals surface area contributed by atoms with Gasteiger partial charge in [0.15, 0.2) is 0 Å². The fourth-order valence-electron chi connectivity index (χ4n) is 2.04. The lowest BCUT2D eigenvalue weighted by Crippen LogP contribution is -2.19. The van der Waals surface area contributed by atoms with Gasteiger partial charge < -0.3 is 9.47 Å². The van der Waals surface area contributed by atoms with Crippen LogP contribution in [0.5, 0.6) is 5.75 Å². The monoisotopic (exact) mass is 262 g/mol. The number of ether oxygens (including phenoxy) is 2. The summed E-state index contributed by atoms with van der Waals surface area (Å²) < 4.78 is 9.81. The Labute approximate surface area is 115 Å². The normalized spacial score (nSPS) is 13.4. The minimum Gasteiger partial charge on any atom is -0.497 e. The molecule has 1 aromatic rings. The minimum absolute atomic E-state index is 0.139. The number of carbonyl (C=O) groups excluding carboxylic acids is 1. The maximum Gasteiger partial charge on any atom is 0.305 e. The average Bonchev–Trinajstić information content (AvgIpc) is 2.46. The highest BCUT2D eigenvalue weighted by Gasteiger charge is 2.22. The first-order valence-electron chi connectivity index (χ1n) is 6.40. The molecule has 0 spiro atoms. The van der Waals surface area contributed by atoms with E-state index in [1.807, 2.05) is 30.3 Å². The van der Waals surface area contributed by atoms with Crippen molar-refractivity contribution in [2.75, 3.05) is 14.2 Å². The Hall–Kier alpha value is -1.77. The standard InChI is InChI=1S/C16H22O3/c1-5-16(2,12-6-7-15(17)19-4)13-8-10-14(18-3)11-9-13/h5,8-11H,1,6-7,12H2,2-4H3. The number of hydrogen-bond donors (Lipinski definition) is 0. The maximum absolute atomic E-state index is 11.1. The van der Waals surface area contributed by atoms with E-state index in [1.54, 1.807) is 7.11 Å². The lowest BCUT2D eigenvalue weighted by molar-refractivity contribution is -0.140. The highest BCUT2D eigenvalue weighted by Crippen LogP contribution is 2.31. The summed E-state index contributed by atoms with van der Waals surface area (Å²) in [6.45, 7) is 6.05. The Kier molecular flexibility index (Phi) is 5.61. The van der Waals surface area contributed by atoms with Gasteiger partial charge >= 0.3 is 5.97 Å². The van der Waals surface area contributed by atoms with E-state index in [0.29, 0.717) is 6.42 Å². The third-order valence-corrected chi connectivity index (χ3v) is 3.50. The van der Waals surface area contributed by atoms with Gasteiger partial charge in [-0.3, -0.25) is 4.79 Å². The van der Waals surface area contributed by atoms with Crippen molar-refractivity contribution in [1.29, 1.82) is 0 Å². The van der Waals surface area contributed by atoms with Crippen LogP contribution in [-0.2, 0) is 14.9 Å². The molecule has 0 aliphatic rings. The summed E-state index contributed by atoms with van der Waals surface area (Å²) in [5.41, 5.74) is 1.04. The molecule has 1 unspecified atom stereocenters. The van der Waals surface area contributed by atoms with E-state index in [1.165, 1.54) is 12.7 Å². The van der Waals surface area contributed by atoms with E-state index in [-0.39, 0.29) is 11.4 Å². The van der Waals surface area contributed by atoms with Gasteiger partial charge in [0.05, 0.1) is 14.2 Å². The van der Waals surface area contributed by atoms with Gasteiger partial charge in [-0.2, -0.15) is 0 Å². The lowest BCUT2D eigenvalue weighted by atomic mass is 9.78. The number of carbonyl (C=O) groups is 1. The van der Waals surface area contributed by atoms with E-state index in [9.17, 15) is 4.79 Å². The number of hydrogen-bond acceptors (Lipinski definition) is 3. The van der Waals surface area contributed by atoms with Gasteiger partial charge in [-0.25, -0.2) is 0 Å². The molecule has 0 aliphatic carbocycles. The molecular formula is C16H22O3. The Morgan fingerprint density at radius 2 is 1.95 bits per heavy atom. The number of benzene rings is 1. The first kappa shape index (κ1) is 15.3. The molecule has 1 aromatic carbocycles. The third kappa shape index (κ3) is 4.12. The Balaban J connectivity index is 2.72. The van der Waals surface area contributed by atoms with Gasteiger partial charge in [0.25, 0.3) is 0 Å². The lowest BCUT2D eigenvalue weighted by Gasteiger charge is -2.26.